The van der Waals surface area contributed by atoms with E-state index in [1.165, 1.54) is 0 Å². The topological polar surface area (TPSA) is 49.4 Å². The molecular formula is C10H16F2N2O2. The fraction of sp³-hybridized carbons (Fsp3) is 0.800. The van der Waals surface area contributed by atoms with E-state index >= 15 is 0 Å². The Balaban J connectivity index is 2.77. The molecule has 1 aliphatic rings. The fourth-order valence-corrected chi connectivity index (χ4v) is 1.76. The van der Waals surface area contributed by atoms with Crippen LogP contribution in [0.3, 0.4) is 0 Å². The Morgan fingerprint density at radius 3 is 2.56 bits per heavy atom. The Hall–Kier alpha value is -1.20. The van der Waals surface area contributed by atoms with Crippen LogP contribution in [0.4, 0.5) is 8.78 Å². The molecule has 0 radical (unpaired) electrons. The third kappa shape index (κ3) is 3.15. The lowest BCUT2D eigenvalue weighted by atomic mass is 10.00. The first-order valence-corrected chi connectivity index (χ1v) is 5.27. The number of halogens is 2. The molecule has 1 N–H and O–H groups in total. The lowest BCUT2D eigenvalue weighted by Gasteiger charge is -2.35. The van der Waals surface area contributed by atoms with Crippen LogP contribution in [0, 0.1) is 5.92 Å². The number of hydrogen-bond acceptors (Lipinski definition) is 2. The SMILES string of the molecule is CC(C)CC1C(=O)NCC(=O)N1CC(F)F. The number of carbonyl (C=O) groups excluding carboxylic acids is 2. The average Bonchev–Trinajstić information content (AvgIpc) is 2.16. The summed E-state index contributed by atoms with van der Waals surface area (Å²) in [5, 5.41) is 2.42. The van der Waals surface area contributed by atoms with E-state index in [9.17, 15) is 18.4 Å². The van der Waals surface area contributed by atoms with Gasteiger partial charge in [0.25, 0.3) is 6.43 Å². The lowest BCUT2D eigenvalue weighted by Crippen LogP contribution is -2.59. The number of rotatable bonds is 4. The van der Waals surface area contributed by atoms with E-state index in [-0.39, 0.29) is 18.4 Å². The molecule has 1 rings (SSSR count). The van der Waals surface area contributed by atoms with Gasteiger partial charge in [-0.05, 0) is 12.3 Å². The minimum atomic E-state index is -2.61. The van der Waals surface area contributed by atoms with Crippen molar-refractivity contribution in [2.75, 3.05) is 13.1 Å². The summed E-state index contributed by atoms with van der Waals surface area (Å²) < 4.78 is 24.6. The van der Waals surface area contributed by atoms with Crippen LogP contribution in [0.1, 0.15) is 20.3 Å². The zero-order valence-corrected chi connectivity index (χ0v) is 9.37. The zero-order chi connectivity index (χ0) is 12.3. The molecule has 92 valence electrons. The van der Waals surface area contributed by atoms with Gasteiger partial charge in [0.15, 0.2) is 0 Å². The van der Waals surface area contributed by atoms with E-state index in [0.717, 1.165) is 4.90 Å². The molecular weight excluding hydrogens is 218 g/mol. The first-order chi connectivity index (χ1) is 7.41. The molecule has 1 fully saturated rings. The van der Waals surface area contributed by atoms with Crippen LogP contribution in [0.2, 0.25) is 0 Å². The zero-order valence-electron chi connectivity index (χ0n) is 9.37. The molecule has 0 bridgehead atoms. The molecule has 6 heteroatoms. The van der Waals surface area contributed by atoms with Crippen molar-refractivity contribution in [2.45, 2.75) is 32.7 Å². The molecule has 4 nitrogen and oxygen atoms in total. The van der Waals surface area contributed by atoms with Crippen molar-refractivity contribution >= 4 is 11.8 Å². The molecule has 1 atom stereocenters. The van der Waals surface area contributed by atoms with Gasteiger partial charge in [0, 0.05) is 0 Å². The van der Waals surface area contributed by atoms with Crippen LogP contribution in [-0.4, -0.2) is 42.3 Å². The van der Waals surface area contributed by atoms with Crippen molar-refractivity contribution in [1.29, 1.82) is 0 Å². The Labute approximate surface area is 93.0 Å². The van der Waals surface area contributed by atoms with E-state index in [1.807, 2.05) is 13.8 Å². The molecule has 0 aromatic heterocycles. The quantitative estimate of drug-likeness (QED) is 0.775. The number of hydrogen-bond donors (Lipinski definition) is 1. The molecule has 1 heterocycles. The normalized spacial score (nSPS) is 21.9. The van der Waals surface area contributed by atoms with Crippen LogP contribution in [0.25, 0.3) is 0 Å². The second-order valence-corrected chi connectivity index (χ2v) is 4.30. The highest BCUT2D eigenvalue weighted by atomic mass is 19.3. The standard InChI is InChI=1S/C10H16F2N2O2/c1-6(2)3-7-10(16)13-4-9(15)14(7)5-8(11)12/h6-8H,3-5H2,1-2H3,(H,13,16). The van der Waals surface area contributed by atoms with Crippen LogP contribution in [-0.2, 0) is 9.59 Å². The van der Waals surface area contributed by atoms with E-state index in [1.54, 1.807) is 0 Å². The van der Waals surface area contributed by atoms with Crippen LogP contribution in [0.5, 0.6) is 0 Å². The Morgan fingerprint density at radius 1 is 1.44 bits per heavy atom. The molecule has 0 aromatic carbocycles. The van der Waals surface area contributed by atoms with Gasteiger partial charge >= 0.3 is 0 Å². The van der Waals surface area contributed by atoms with Gasteiger partial charge in [-0.1, -0.05) is 13.8 Å². The molecule has 16 heavy (non-hydrogen) atoms. The van der Waals surface area contributed by atoms with Crippen molar-refractivity contribution in [1.82, 2.24) is 10.2 Å². The van der Waals surface area contributed by atoms with E-state index in [4.69, 9.17) is 0 Å². The highest BCUT2D eigenvalue weighted by molar-refractivity contribution is 5.94. The second-order valence-electron chi connectivity index (χ2n) is 4.30. The summed E-state index contributed by atoms with van der Waals surface area (Å²) in [6.07, 6.45) is -2.20. The van der Waals surface area contributed by atoms with Crippen molar-refractivity contribution < 1.29 is 18.4 Å². The largest absolute Gasteiger partial charge is 0.345 e. The van der Waals surface area contributed by atoms with E-state index in [0.29, 0.717) is 6.42 Å². The Morgan fingerprint density at radius 2 is 2.06 bits per heavy atom. The monoisotopic (exact) mass is 234 g/mol. The Kier molecular flexibility index (Phi) is 4.20. The van der Waals surface area contributed by atoms with E-state index < -0.39 is 24.9 Å². The highest BCUT2D eigenvalue weighted by Gasteiger charge is 2.35. The number of nitrogens with one attached hydrogen (secondary N) is 1. The molecule has 2 amide bonds. The summed E-state index contributed by atoms with van der Waals surface area (Å²) >= 11 is 0. The number of amides is 2. The van der Waals surface area contributed by atoms with Crippen molar-refractivity contribution in [3.05, 3.63) is 0 Å². The lowest BCUT2D eigenvalue weighted by molar-refractivity contribution is -0.148. The third-order valence-electron chi connectivity index (χ3n) is 2.44. The van der Waals surface area contributed by atoms with Gasteiger partial charge < -0.3 is 10.2 Å². The minimum Gasteiger partial charge on any atom is -0.345 e. The Bertz CT molecular complexity index is 254. The van der Waals surface area contributed by atoms with Gasteiger partial charge in [-0.2, -0.15) is 0 Å². The molecule has 1 unspecified atom stereocenters. The molecule has 0 saturated carbocycles. The molecule has 0 aromatic rings. The number of nitrogens with zero attached hydrogens (tertiary/aromatic N) is 1. The maximum Gasteiger partial charge on any atom is 0.255 e. The molecule has 1 aliphatic heterocycles. The number of alkyl halides is 2. The maximum absolute atomic E-state index is 12.3. The minimum absolute atomic E-state index is 0.168. The van der Waals surface area contributed by atoms with Gasteiger partial charge in [0.1, 0.15) is 6.04 Å². The van der Waals surface area contributed by atoms with Crippen LogP contribution in [0.15, 0.2) is 0 Å². The third-order valence-corrected chi connectivity index (χ3v) is 2.44. The summed E-state index contributed by atoms with van der Waals surface area (Å²) in [5.74, 6) is -0.610. The first-order valence-electron chi connectivity index (χ1n) is 5.27. The van der Waals surface area contributed by atoms with Gasteiger partial charge in [-0.3, -0.25) is 9.59 Å². The maximum atomic E-state index is 12.3. The van der Waals surface area contributed by atoms with Gasteiger partial charge in [0.05, 0.1) is 13.1 Å². The summed E-state index contributed by atoms with van der Waals surface area (Å²) in [4.78, 5) is 24.0. The predicted molar refractivity (Wildman–Crippen MR) is 54.0 cm³/mol. The number of carbonyl (C=O) groups is 2. The first kappa shape index (κ1) is 12.9. The summed E-state index contributed by atoms with van der Waals surface area (Å²) in [6.45, 7) is 2.92. The molecule has 0 aliphatic carbocycles. The van der Waals surface area contributed by atoms with Crippen LogP contribution >= 0.6 is 0 Å². The summed E-state index contributed by atoms with van der Waals surface area (Å²) in [7, 11) is 0. The number of piperazine rings is 1. The second kappa shape index (κ2) is 5.23. The molecule has 1 saturated heterocycles. The van der Waals surface area contributed by atoms with Crippen molar-refractivity contribution in [2.24, 2.45) is 5.92 Å². The van der Waals surface area contributed by atoms with Gasteiger partial charge in [0.2, 0.25) is 11.8 Å². The van der Waals surface area contributed by atoms with Gasteiger partial charge in [-0.15, -0.1) is 0 Å². The van der Waals surface area contributed by atoms with Crippen molar-refractivity contribution in [3.63, 3.8) is 0 Å². The average molecular weight is 234 g/mol. The summed E-state index contributed by atoms with van der Waals surface area (Å²) in [6, 6.07) is -0.754. The highest BCUT2D eigenvalue weighted by Crippen LogP contribution is 2.16. The predicted octanol–water partition coefficient (Wildman–Crippen LogP) is 0.625. The van der Waals surface area contributed by atoms with Crippen molar-refractivity contribution in [3.8, 4) is 0 Å². The fourth-order valence-electron chi connectivity index (χ4n) is 1.76. The summed E-state index contributed by atoms with van der Waals surface area (Å²) in [5.41, 5.74) is 0. The van der Waals surface area contributed by atoms with E-state index in [2.05, 4.69) is 5.32 Å². The van der Waals surface area contributed by atoms with Crippen LogP contribution < -0.4 is 5.32 Å². The molecule has 0 spiro atoms. The van der Waals surface area contributed by atoms with Gasteiger partial charge in [-0.25, -0.2) is 8.78 Å². The smallest absolute Gasteiger partial charge is 0.255 e.